The lowest BCUT2D eigenvalue weighted by atomic mass is 9.72. The first-order valence-electron chi connectivity index (χ1n) is 7.77. The Morgan fingerprint density at radius 2 is 2.21 bits per heavy atom. The molecule has 1 saturated carbocycles. The molecule has 0 radical (unpaired) electrons. The molecule has 1 aromatic rings. The van der Waals surface area contributed by atoms with Crippen LogP contribution in [0.25, 0.3) is 0 Å². The fraction of sp³-hybridized carbons (Fsp3) is 0.706. The third kappa shape index (κ3) is 4.31. The molecule has 2 rings (SSSR count). The number of aromatic nitrogens is 1. The molecule has 1 aliphatic carbocycles. The zero-order valence-electron chi connectivity index (χ0n) is 12.6. The van der Waals surface area contributed by atoms with Crippen LogP contribution in [-0.4, -0.2) is 18.1 Å². The predicted octanol–water partition coefficient (Wildman–Crippen LogP) is 3.85. The topological polar surface area (TPSA) is 24.9 Å². The number of hydrogen-bond donors (Lipinski definition) is 1. The molecule has 0 bridgehead atoms. The molecule has 1 aromatic heterocycles. The highest BCUT2D eigenvalue weighted by Crippen LogP contribution is 2.39. The molecule has 2 nitrogen and oxygen atoms in total. The van der Waals surface area contributed by atoms with Crippen molar-refractivity contribution < 1.29 is 0 Å². The van der Waals surface area contributed by atoms with Gasteiger partial charge in [0.2, 0.25) is 0 Å². The first kappa shape index (κ1) is 14.5. The number of hydrogen-bond acceptors (Lipinski definition) is 2. The summed E-state index contributed by atoms with van der Waals surface area (Å²) in [6, 6.07) is 4.33. The van der Waals surface area contributed by atoms with Crippen LogP contribution in [-0.2, 0) is 0 Å². The second kappa shape index (κ2) is 7.04. The van der Waals surface area contributed by atoms with Gasteiger partial charge in [0, 0.05) is 12.4 Å². The summed E-state index contributed by atoms with van der Waals surface area (Å²) < 4.78 is 0. The summed E-state index contributed by atoms with van der Waals surface area (Å²) in [4.78, 5) is 4.31. The van der Waals surface area contributed by atoms with Gasteiger partial charge in [-0.25, -0.2) is 0 Å². The average Bonchev–Trinajstić information content (AvgIpc) is 2.41. The van der Waals surface area contributed by atoms with Gasteiger partial charge in [0.05, 0.1) is 0 Å². The predicted molar refractivity (Wildman–Crippen MR) is 81.2 cm³/mol. The van der Waals surface area contributed by atoms with Gasteiger partial charge in [-0.1, -0.05) is 33.3 Å². The van der Waals surface area contributed by atoms with Gasteiger partial charge in [-0.15, -0.1) is 0 Å². The Labute approximate surface area is 118 Å². The van der Waals surface area contributed by atoms with E-state index in [2.05, 4.69) is 49.4 Å². The summed E-state index contributed by atoms with van der Waals surface area (Å²) in [5.74, 6) is 3.06. The van der Waals surface area contributed by atoms with E-state index >= 15 is 0 Å². The van der Waals surface area contributed by atoms with Crippen LogP contribution in [0.15, 0.2) is 24.5 Å². The van der Waals surface area contributed by atoms with Crippen molar-refractivity contribution in [1.82, 2.24) is 10.3 Å². The molecule has 0 spiro atoms. The van der Waals surface area contributed by atoms with Crippen molar-refractivity contribution in [3.63, 3.8) is 0 Å². The van der Waals surface area contributed by atoms with Crippen LogP contribution in [0, 0.1) is 17.8 Å². The summed E-state index contributed by atoms with van der Waals surface area (Å²) >= 11 is 0. The Kier molecular flexibility index (Phi) is 5.38. The first-order valence-corrected chi connectivity index (χ1v) is 7.77. The highest BCUT2D eigenvalue weighted by Gasteiger charge is 2.29. The van der Waals surface area contributed by atoms with Crippen molar-refractivity contribution in [3.05, 3.63) is 30.1 Å². The maximum absolute atomic E-state index is 4.31. The molecule has 3 atom stereocenters. The van der Waals surface area contributed by atoms with Gasteiger partial charge in [0.15, 0.2) is 0 Å². The monoisotopic (exact) mass is 260 g/mol. The Morgan fingerprint density at radius 3 is 2.89 bits per heavy atom. The molecule has 0 aromatic carbocycles. The number of nitrogens with zero attached hydrogens (tertiary/aromatic N) is 1. The SMILES string of the molecule is CC(C)CNCC1CCC(C)CC1c1cccnc1. The van der Waals surface area contributed by atoms with Crippen molar-refractivity contribution >= 4 is 0 Å². The van der Waals surface area contributed by atoms with Crippen molar-refractivity contribution in [2.75, 3.05) is 13.1 Å². The van der Waals surface area contributed by atoms with E-state index in [1.54, 1.807) is 0 Å². The van der Waals surface area contributed by atoms with Gasteiger partial charge in [-0.05, 0) is 61.2 Å². The van der Waals surface area contributed by atoms with E-state index in [4.69, 9.17) is 0 Å². The number of rotatable bonds is 5. The van der Waals surface area contributed by atoms with E-state index in [0.29, 0.717) is 5.92 Å². The Hall–Kier alpha value is -0.890. The average molecular weight is 260 g/mol. The molecule has 0 saturated heterocycles. The summed E-state index contributed by atoms with van der Waals surface area (Å²) in [6.45, 7) is 9.22. The minimum absolute atomic E-state index is 0.692. The minimum Gasteiger partial charge on any atom is -0.316 e. The molecule has 1 aliphatic rings. The van der Waals surface area contributed by atoms with E-state index in [1.807, 2.05) is 6.20 Å². The van der Waals surface area contributed by atoms with Crippen LogP contribution in [0.5, 0.6) is 0 Å². The van der Waals surface area contributed by atoms with Crippen LogP contribution in [0.3, 0.4) is 0 Å². The van der Waals surface area contributed by atoms with Crippen LogP contribution in [0.2, 0.25) is 0 Å². The molecule has 1 N–H and O–H groups in total. The summed E-state index contributed by atoms with van der Waals surface area (Å²) in [5, 5.41) is 3.65. The molecule has 0 aliphatic heterocycles. The first-order chi connectivity index (χ1) is 9.16. The Balaban J connectivity index is 1.98. The Bertz CT molecular complexity index is 361. The van der Waals surface area contributed by atoms with Gasteiger partial charge in [-0.2, -0.15) is 0 Å². The standard InChI is InChI=1S/C17H28N2/c1-13(2)10-19-12-16-7-6-14(3)9-17(16)15-5-4-8-18-11-15/h4-5,8,11,13-14,16-17,19H,6-7,9-10,12H2,1-3H3. The van der Waals surface area contributed by atoms with Crippen LogP contribution in [0.1, 0.15) is 51.5 Å². The van der Waals surface area contributed by atoms with Gasteiger partial charge in [0.1, 0.15) is 0 Å². The summed E-state index contributed by atoms with van der Waals surface area (Å²) in [6.07, 6.45) is 8.00. The fourth-order valence-corrected chi connectivity index (χ4v) is 3.25. The second-order valence-electron chi connectivity index (χ2n) is 6.62. The van der Waals surface area contributed by atoms with Gasteiger partial charge < -0.3 is 5.32 Å². The molecule has 3 unspecified atom stereocenters. The molecular weight excluding hydrogens is 232 g/mol. The normalized spacial score (nSPS) is 27.7. The second-order valence-corrected chi connectivity index (χ2v) is 6.62. The zero-order valence-corrected chi connectivity index (χ0v) is 12.6. The summed E-state index contributed by atoms with van der Waals surface area (Å²) in [5.41, 5.74) is 1.44. The van der Waals surface area contributed by atoms with Gasteiger partial charge >= 0.3 is 0 Å². The van der Waals surface area contributed by atoms with Crippen molar-refractivity contribution in [3.8, 4) is 0 Å². The zero-order chi connectivity index (χ0) is 13.7. The quantitative estimate of drug-likeness (QED) is 0.870. The van der Waals surface area contributed by atoms with E-state index in [0.717, 1.165) is 30.8 Å². The smallest absolute Gasteiger partial charge is 0.0302 e. The maximum Gasteiger partial charge on any atom is 0.0302 e. The molecule has 2 heteroatoms. The van der Waals surface area contributed by atoms with Crippen molar-refractivity contribution in [1.29, 1.82) is 0 Å². The molecule has 19 heavy (non-hydrogen) atoms. The van der Waals surface area contributed by atoms with E-state index in [1.165, 1.54) is 24.8 Å². The van der Waals surface area contributed by atoms with Crippen LogP contribution in [0.4, 0.5) is 0 Å². The van der Waals surface area contributed by atoms with Crippen LogP contribution >= 0.6 is 0 Å². The largest absolute Gasteiger partial charge is 0.316 e. The molecule has 1 heterocycles. The third-order valence-electron chi connectivity index (χ3n) is 4.33. The third-order valence-corrected chi connectivity index (χ3v) is 4.33. The van der Waals surface area contributed by atoms with Crippen LogP contribution < -0.4 is 5.32 Å². The van der Waals surface area contributed by atoms with Crippen molar-refractivity contribution in [2.45, 2.75) is 46.0 Å². The highest BCUT2D eigenvalue weighted by molar-refractivity contribution is 5.17. The van der Waals surface area contributed by atoms with Gasteiger partial charge in [0.25, 0.3) is 0 Å². The van der Waals surface area contributed by atoms with E-state index < -0.39 is 0 Å². The lowest BCUT2D eigenvalue weighted by Crippen LogP contribution is -2.33. The molecule has 0 amide bonds. The van der Waals surface area contributed by atoms with Gasteiger partial charge in [-0.3, -0.25) is 4.98 Å². The Morgan fingerprint density at radius 1 is 1.37 bits per heavy atom. The molecule has 106 valence electrons. The molecular formula is C17H28N2. The lowest BCUT2D eigenvalue weighted by Gasteiger charge is -2.35. The summed E-state index contributed by atoms with van der Waals surface area (Å²) in [7, 11) is 0. The number of nitrogens with one attached hydrogen (secondary N) is 1. The number of pyridine rings is 1. The van der Waals surface area contributed by atoms with E-state index in [9.17, 15) is 0 Å². The maximum atomic E-state index is 4.31. The van der Waals surface area contributed by atoms with Crippen molar-refractivity contribution in [2.24, 2.45) is 17.8 Å². The lowest BCUT2D eigenvalue weighted by molar-refractivity contribution is 0.239. The highest BCUT2D eigenvalue weighted by atomic mass is 14.9. The van der Waals surface area contributed by atoms with E-state index in [-0.39, 0.29) is 0 Å². The fourth-order valence-electron chi connectivity index (χ4n) is 3.25. The molecule has 1 fully saturated rings. The minimum atomic E-state index is 0.692.